The van der Waals surface area contributed by atoms with Gasteiger partial charge in [-0.15, -0.1) is 0 Å². The molecule has 3 aromatic heterocycles. The summed E-state index contributed by atoms with van der Waals surface area (Å²) in [6, 6.07) is 11.7. The molecule has 5 rings (SSSR count). The highest BCUT2D eigenvalue weighted by Crippen LogP contribution is 2.29. The third-order valence-electron chi connectivity index (χ3n) is 5.88. The van der Waals surface area contributed by atoms with Gasteiger partial charge in [-0.25, -0.2) is 4.98 Å². The molecule has 1 aliphatic heterocycles. The molecule has 0 unspecified atom stereocenters. The number of likely N-dealkylation sites (tertiary alicyclic amines) is 1. The molecule has 0 atom stereocenters. The second kappa shape index (κ2) is 11.0. The number of carbonyl (C=O) groups excluding carboxylic acids is 1. The van der Waals surface area contributed by atoms with E-state index in [9.17, 15) is 4.79 Å². The first-order chi connectivity index (χ1) is 16.6. The van der Waals surface area contributed by atoms with Crippen molar-refractivity contribution in [3.63, 3.8) is 0 Å². The fourth-order valence-corrected chi connectivity index (χ4v) is 3.90. The third-order valence-corrected chi connectivity index (χ3v) is 5.88. The largest absolute Gasteiger partial charge is 0.385 e. The number of ether oxygens (including phenoxy) is 1. The van der Waals surface area contributed by atoms with Crippen LogP contribution < -0.4 is 5.32 Å². The number of amides is 1. The molecule has 1 amide bonds. The van der Waals surface area contributed by atoms with E-state index < -0.39 is 0 Å². The number of rotatable bonds is 8. The first kappa shape index (κ1) is 23.6. The van der Waals surface area contributed by atoms with Crippen LogP contribution in [0.5, 0.6) is 0 Å². The maximum Gasteiger partial charge on any atom is 0.232 e. The molecule has 4 aromatic rings. The van der Waals surface area contributed by atoms with E-state index in [0.29, 0.717) is 24.0 Å². The van der Waals surface area contributed by atoms with Crippen molar-refractivity contribution < 1.29 is 14.1 Å². The number of methoxy groups -OCH3 is 1. The Kier molecular flexibility index (Phi) is 7.66. The van der Waals surface area contributed by atoms with Crippen LogP contribution >= 0.6 is 0 Å². The summed E-state index contributed by atoms with van der Waals surface area (Å²) in [5.74, 6) is 1.53. The number of pyridine rings is 1. The number of nitrogens with zero attached hydrogens (tertiary/aromatic N) is 5. The molecule has 178 valence electrons. The van der Waals surface area contributed by atoms with Gasteiger partial charge in [0, 0.05) is 62.7 Å². The zero-order chi connectivity index (χ0) is 23.9. The highest BCUT2D eigenvalue weighted by atomic mass is 16.5. The van der Waals surface area contributed by atoms with Crippen molar-refractivity contribution in [2.45, 2.75) is 26.2 Å². The fourth-order valence-electron chi connectivity index (χ4n) is 3.90. The van der Waals surface area contributed by atoms with E-state index in [1.807, 2.05) is 62.6 Å². The van der Waals surface area contributed by atoms with Crippen LogP contribution in [0.25, 0.3) is 17.0 Å². The number of aryl methyl sites for hydroxylation is 2. The van der Waals surface area contributed by atoms with Gasteiger partial charge in [0.15, 0.2) is 0 Å². The summed E-state index contributed by atoms with van der Waals surface area (Å²) in [6.07, 6.45) is 5.58. The Morgan fingerprint density at radius 1 is 1.24 bits per heavy atom. The van der Waals surface area contributed by atoms with Crippen LogP contribution in [0.2, 0.25) is 0 Å². The quantitative estimate of drug-likeness (QED) is 0.315. The molecule has 1 aromatic carbocycles. The number of benzene rings is 1. The average molecular weight is 463 g/mol. The van der Waals surface area contributed by atoms with E-state index in [-0.39, 0.29) is 0 Å². The van der Waals surface area contributed by atoms with Crippen LogP contribution in [0.4, 0.5) is 5.69 Å². The van der Waals surface area contributed by atoms with Gasteiger partial charge < -0.3 is 23.9 Å². The summed E-state index contributed by atoms with van der Waals surface area (Å²) in [5, 5.41) is 6.76. The van der Waals surface area contributed by atoms with Crippen LogP contribution in [-0.2, 0) is 9.53 Å². The Morgan fingerprint density at radius 2 is 2.09 bits per heavy atom. The maximum absolute atomic E-state index is 10.7. The van der Waals surface area contributed by atoms with E-state index in [0.717, 1.165) is 55.1 Å². The van der Waals surface area contributed by atoms with Gasteiger partial charge in [0.2, 0.25) is 18.1 Å². The molecular formula is C25H30N6O3. The number of nitrogens with one attached hydrogen (secondary N) is 1. The number of hydrogen-bond acceptors (Lipinski definition) is 7. The summed E-state index contributed by atoms with van der Waals surface area (Å²) in [7, 11) is 1.72. The Morgan fingerprint density at radius 3 is 2.85 bits per heavy atom. The Bertz CT molecular complexity index is 1230. The molecule has 0 bridgehead atoms. The minimum Gasteiger partial charge on any atom is -0.385 e. The van der Waals surface area contributed by atoms with E-state index >= 15 is 0 Å². The van der Waals surface area contributed by atoms with Gasteiger partial charge in [-0.2, -0.15) is 4.98 Å². The molecule has 0 aliphatic carbocycles. The molecular weight excluding hydrogens is 432 g/mol. The van der Waals surface area contributed by atoms with Crippen molar-refractivity contribution in [2.75, 3.05) is 38.7 Å². The Labute approximate surface area is 198 Å². The van der Waals surface area contributed by atoms with Crippen molar-refractivity contribution in [3.05, 3.63) is 65.9 Å². The lowest BCUT2D eigenvalue weighted by Gasteiger charge is -2.36. The van der Waals surface area contributed by atoms with Gasteiger partial charge in [-0.1, -0.05) is 23.4 Å². The predicted molar refractivity (Wildman–Crippen MR) is 130 cm³/mol. The summed E-state index contributed by atoms with van der Waals surface area (Å²) in [4.78, 5) is 21.7. The van der Waals surface area contributed by atoms with Gasteiger partial charge in [0.1, 0.15) is 5.65 Å². The molecule has 0 radical (unpaired) electrons. The Balaban J connectivity index is 0.000000226. The van der Waals surface area contributed by atoms with Crippen molar-refractivity contribution in [1.29, 1.82) is 0 Å². The molecule has 0 saturated carbocycles. The number of fused-ring (bicyclic) bond motifs is 1. The number of carbonyl (C=O) groups is 1. The molecule has 9 heteroatoms. The summed E-state index contributed by atoms with van der Waals surface area (Å²) in [6.45, 7) is 7.68. The van der Waals surface area contributed by atoms with Crippen molar-refractivity contribution in [2.24, 2.45) is 0 Å². The zero-order valence-corrected chi connectivity index (χ0v) is 19.8. The van der Waals surface area contributed by atoms with Gasteiger partial charge in [0.25, 0.3) is 0 Å². The van der Waals surface area contributed by atoms with Crippen molar-refractivity contribution in [3.8, 4) is 11.4 Å². The maximum atomic E-state index is 10.7. The summed E-state index contributed by atoms with van der Waals surface area (Å²) >= 11 is 0. The van der Waals surface area contributed by atoms with Crippen LogP contribution in [0.3, 0.4) is 0 Å². The summed E-state index contributed by atoms with van der Waals surface area (Å²) < 4.78 is 12.5. The lowest BCUT2D eigenvalue weighted by Crippen LogP contribution is -2.45. The second-order valence-corrected chi connectivity index (χ2v) is 8.38. The first-order valence-electron chi connectivity index (χ1n) is 11.3. The summed E-state index contributed by atoms with van der Waals surface area (Å²) in [5.41, 5.74) is 4.76. The number of imidazole rings is 1. The molecule has 0 spiro atoms. The minimum absolute atomic E-state index is 0.298. The van der Waals surface area contributed by atoms with Gasteiger partial charge in [0.05, 0.1) is 5.92 Å². The molecule has 34 heavy (non-hydrogen) atoms. The van der Waals surface area contributed by atoms with Crippen LogP contribution in [-0.4, -0.2) is 64.2 Å². The Hall–Kier alpha value is -3.56. The third kappa shape index (κ3) is 5.49. The zero-order valence-electron chi connectivity index (χ0n) is 19.8. The molecule has 1 saturated heterocycles. The lowest BCUT2D eigenvalue weighted by molar-refractivity contribution is -0.105. The molecule has 9 nitrogen and oxygen atoms in total. The van der Waals surface area contributed by atoms with Crippen molar-refractivity contribution in [1.82, 2.24) is 24.4 Å². The van der Waals surface area contributed by atoms with Crippen molar-refractivity contribution >= 4 is 17.7 Å². The molecule has 4 heterocycles. The highest BCUT2D eigenvalue weighted by molar-refractivity contribution is 5.76. The monoisotopic (exact) mass is 462 g/mol. The van der Waals surface area contributed by atoms with Gasteiger partial charge in [-0.3, -0.25) is 4.79 Å². The topological polar surface area (TPSA) is 97.8 Å². The minimum atomic E-state index is 0.298. The SMILES string of the molecule is COCCCN1CC(c2nc(-c3ccc(C)c(NC=O)c3)no2)C1.Cc1cnc2ccccn12. The van der Waals surface area contributed by atoms with Crippen LogP contribution in [0, 0.1) is 13.8 Å². The molecule has 1 fully saturated rings. The van der Waals surface area contributed by atoms with Crippen LogP contribution in [0.15, 0.2) is 53.3 Å². The smallest absolute Gasteiger partial charge is 0.232 e. The number of aromatic nitrogens is 4. The normalized spacial score (nSPS) is 13.9. The first-order valence-corrected chi connectivity index (χ1v) is 11.3. The van der Waals surface area contributed by atoms with E-state index in [2.05, 4.69) is 29.7 Å². The van der Waals surface area contributed by atoms with Gasteiger partial charge >= 0.3 is 0 Å². The van der Waals surface area contributed by atoms with E-state index in [1.54, 1.807) is 7.11 Å². The molecule has 1 N–H and O–H groups in total. The van der Waals surface area contributed by atoms with Gasteiger partial charge in [-0.05, 0) is 44.0 Å². The number of hydrogen-bond donors (Lipinski definition) is 1. The standard InChI is InChI=1S/C17H22N4O3.C8H8N2/c1-12-4-5-13(8-15(12)18-11-22)16-19-17(24-20-16)14-9-21(10-14)6-3-7-23-2;1-7-6-9-8-4-2-3-5-10(7)8/h4-5,8,11,14H,3,6-7,9-10H2,1-2H3,(H,18,22);2-6H,1H3. The lowest BCUT2D eigenvalue weighted by atomic mass is 10.00. The highest BCUT2D eigenvalue weighted by Gasteiger charge is 2.32. The number of anilines is 1. The molecule has 1 aliphatic rings. The van der Waals surface area contributed by atoms with E-state index in [4.69, 9.17) is 9.26 Å². The van der Waals surface area contributed by atoms with Crippen LogP contribution in [0.1, 0.15) is 29.5 Å². The van der Waals surface area contributed by atoms with E-state index in [1.165, 1.54) is 5.69 Å². The average Bonchev–Trinajstić information content (AvgIpc) is 3.45. The fraction of sp³-hybridized carbons (Fsp3) is 0.360. The second-order valence-electron chi connectivity index (χ2n) is 8.38. The predicted octanol–water partition coefficient (Wildman–Crippen LogP) is 3.69.